The maximum atomic E-state index is 12.7. The molecule has 12 heavy (non-hydrogen) atoms. The predicted molar refractivity (Wildman–Crippen MR) is 44.4 cm³/mol. The summed E-state index contributed by atoms with van der Waals surface area (Å²) < 4.78 is 17.9. The molecule has 2 heteroatoms. The Kier molecular flexibility index (Phi) is 1.85. The standard InChI is InChI=1S/C10H11FO/c1-7-10(12-7)6-8-3-2-4-9(11)5-8/h2-5,7,10H,6H2,1H3. The molecule has 2 unspecified atom stereocenters. The van der Waals surface area contributed by atoms with E-state index in [-0.39, 0.29) is 5.82 Å². The first kappa shape index (κ1) is 7.74. The first-order chi connectivity index (χ1) is 5.75. The van der Waals surface area contributed by atoms with E-state index in [1.165, 1.54) is 6.07 Å². The van der Waals surface area contributed by atoms with Crippen LogP contribution in [0.2, 0.25) is 0 Å². The predicted octanol–water partition coefficient (Wildman–Crippen LogP) is 2.16. The Morgan fingerprint density at radius 3 is 2.83 bits per heavy atom. The average molecular weight is 166 g/mol. The summed E-state index contributed by atoms with van der Waals surface area (Å²) in [5, 5.41) is 0. The van der Waals surface area contributed by atoms with Gasteiger partial charge in [0.05, 0.1) is 12.2 Å². The number of halogens is 1. The SMILES string of the molecule is CC1OC1Cc1cccc(F)c1. The van der Waals surface area contributed by atoms with Crippen LogP contribution >= 0.6 is 0 Å². The smallest absolute Gasteiger partial charge is 0.123 e. The Morgan fingerprint density at radius 1 is 1.50 bits per heavy atom. The summed E-state index contributed by atoms with van der Waals surface area (Å²) in [5.74, 6) is -0.166. The van der Waals surface area contributed by atoms with E-state index in [9.17, 15) is 4.39 Å². The van der Waals surface area contributed by atoms with Gasteiger partial charge in [0.25, 0.3) is 0 Å². The van der Waals surface area contributed by atoms with Crippen LogP contribution in [0.3, 0.4) is 0 Å². The minimum Gasteiger partial charge on any atom is -0.370 e. The number of hydrogen-bond donors (Lipinski definition) is 0. The third-order valence-electron chi connectivity index (χ3n) is 2.16. The average Bonchev–Trinajstić information content (AvgIpc) is 2.66. The van der Waals surface area contributed by atoms with Gasteiger partial charge >= 0.3 is 0 Å². The molecule has 0 amide bonds. The van der Waals surface area contributed by atoms with E-state index in [1.807, 2.05) is 13.0 Å². The van der Waals surface area contributed by atoms with Crippen LogP contribution in [0, 0.1) is 5.82 Å². The van der Waals surface area contributed by atoms with Gasteiger partial charge in [0.2, 0.25) is 0 Å². The summed E-state index contributed by atoms with van der Waals surface area (Å²) in [7, 11) is 0. The number of rotatable bonds is 2. The summed E-state index contributed by atoms with van der Waals surface area (Å²) in [4.78, 5) is 0. The zero-order valence-electron chi connectivity index (χ0n) is 6.96. The summed E-state index contributed by atoms with van der Waals surface area (Å²) in [6, 6.07) is 6.68. The molecule has 2 rings (SSSR count). The fraction of sp³-hybridized carbons (Fsp3) is 0.400. The van der Waals surface area contributed by atoms with E-state index in [0.717, 1.165) is 12.0 Å². The molecule has 2 atom stereocenters. The molecule has 64 valence electrons. The monoisotopic (exact) mass is 166 g/mol. The van der Waals surface area contributed by atoms with Crippen molar-refractivity contribution in [1.82, 2.24) is 0 Å². The molecule has 1 aliphatic rings. The second kappa shape index (κ2) is 2.87. The van der Waals surface area contributed by atoms with E-state index in [1.54, 1.807) is 12.1 Å². The van der Waals surface area contributed by atoms with Crippen LogP contribution in [0.1, 0.15) is 12.5 Å². The van der Waals surface area contributed by atoms with Crippen molar-refractivity contribution in [3.8, 4) is 0 Å². The second-order valence-corrected chi connectivity index (χ2v) is 3.21. The molecule has 1 aromatic carbocycles. The van der Waals surface area contributed by atoms with E-state index in [4.69, 9.17) is 4.74 Å². The fourth-order valence-corrected chi connectivity index (χ4v) is 1.34. The number of epoxide rings is 1. The lowest BCUT2D eigenvalue weighted by molar-refractivity contribution is 0.378. The van der Waals surface area contributed by atoms with Crippen LogP contribution in [-0.4, -0.2) is 12.2 Å². The van der Waals surface area contributed by atoms with Crippen LogP contribution in [0.5, 0.6) is 0 Å². The highest BCUT2D eigenvalue weighted by atomic mass is 19.1. The molecule has 0 radical (unpaired) electrons. The van der Waals surface area contributed by atoms with Crippen LogP contribution in [0.25, 0.3) is 0 Å². The summed E-state index contributed by atoms with van der Waals surface area (Å²) in [5.41, 5.74) is 1.02. The van der Waals surface area contributed by atoms with Gasteiger partial charge in [-0.3, -0.25) is 0 Å². The van der Waals surface area contributed by atoms with Crippen LogP contribution in [-0.2, 0) is 11.2 Å². The van der Waals surface area contributed by atoms with E-state index in [2.05, 4.69) is 0 Å². The third-order valence-corrected chi connectivity index (χ3v) is 2.16. The van der Waals surface area contributed by atoms with Gasteiger partial charge in [-0.05, 0) is 24.6 Å². The van der Waals surface area contributed by atoms with Crippen molar-refractivity contribution < 1.29 is 9.13 Å². The van der Waals surface area contributed by atoms with Gasteiger partial charge < -0.3 is 4.74 Å². The molecule has 1 aliphatic heterocycles. The van der Waals surface area contributed by atoms with Gasteiger partial charge in [0, 0.05) is 6.42 Å². The lowest BCUT2D eigenvalue weighted by Gasteiger charge is -1.96. The Balaban J connectivity index is 2.03. The highest BCUT2D eigenvalue weighted by Crippen LogP contribution is 2.25. The Hall–Kier alpha value is -0.890. The van der Waals surface area contributed by atoms with Crippen molar-refractivity contribution in [2.45, 2.75) is 25.6 Å². The molecule has 0 aliphatic carbocycles. The van der Waals surface area contributed by atoms with E-state index < -0.39 is 0 Å². The Labute approximate surface area is 71.2 Å². The van der Waals surface area contributed by atoms with Crippen molar-refractivity contribution in [2.75, 3.05) is 0 Å². The van der Waals surface area contributed by atoms with Crippen LogP contribution in [0.4, 0.5) is 4.39 Å². The van der Waals surface area contributed by atoms with Gasteiger partial charge in [0.1, 0.15) is 5.82 Å². The summed E-state index contributed by atoms with van der Waals surface area (Å²) in [6.45, 7) is 2.03. The van der Waals surface area contributed by atoms with Crippen molar-refractivity contribution in [3.63, 3.8) is 0 Å². The van der Waals surface area contributed by atoms with E-state index in [0.29, 0.717) is 12.2 Å². The van der Waals surface area contributed by atoms with Crippen LogP contribution in [0.15, 0.2) is 24.3 Å². The highest BCUT2D eigenvalue weighted by molar-refractivity contribution is 5.18. The zero-order valence-corrected chi connectivity index (χ0v) is 6.96. The first-order valence-corrected chi connectivity index (χ1v) is 4.15. The molecule has 0 spiro atoms. The lowest BCUT2D eigenvalue weighted by atomic mass is 10.1. The summed E-state index contributed by atoms with van der Waals surface area (Å²) >= 11 is 0. The normalized spacial score (nSPS) is 27.2. The topological polar surface area (TPSA) is 12.5 Å². The molecule has 1 aromatic rings. The first-order valence-electron chi connectivity index (χ1n) is 4.15. The molecule has 0 aromatic heterocycles. The minimum atomic E-state index is -0.166. The molecule has 0 N–H and O–H groups in total. The highest BCUT2D eigenvalue weighted by Gasteiger charge is 2.33. The van der Waals surface area contributed by atoms with Crippen molar-refractivity contribution in [3.05, 3.63) is 35.6 Å². The lowest BCUT2D eigenvalue weighted by Crippen LogP contribution is -1.95. The van der Waals surface area contributed by atoms with Gasteiger partial charge in [-0.25, -0.2) is 4.39 Å². The maximum absolute atomic E-state index is 12.7. The molecule has 0 saturated carbocycles. The molecular weight excluding hydrogens is 155 g/mol. The maximum Gasteiger partial charge on any atom is 0.123 e. The van der Waals surface area contributed by atoms with Gasteiger partial charge in [-0.1, -0.05) is 12.1 Å². The third kappa shape index (κ3) is 1.64. The number of ether oxygens (including phenoxy) is 1. The number of benzene rings is 1. The molecule has 1 nitrogen and oxygen atoms in total. The van der Waals surface area contributed by atoms with Gasteiger partial charge in [-0.15, -0.1) is 0 Å². The number of hydrogen-bond acceptors (Lipinski definition) is 1. The fourth-order valence-electron chi connectivity index (χ4n) is 1.34. The van der Waals surface area contributed by atoms with Gasteiger partial charge in [-0.2, -0.15) is 0 Å². The summed E-state index contributed by atoms with van der Waals surface area (Å²) in [6.07, 6.45) is 1.50. The van der Waals surface area contributed by atoms with Gasteiger partial charge in [0.15, 0.2) is 0 Å². The van der Waals surface area contributed by atoms with Crippen LogP contribution < -0.4 is 0 Å². The van der Waals surface area contributed by atoms with E-state index >= 15 is 0 Å². The zero-order chi connectivity index (χ0) is 8.55. The quantitative estimate of drug-likeness (QED) is 0.613. The Bertz CT molecular complexity index is 285. The van der Waals surface area contributed by atoms with Crippen molar-refractivity contribution in [2.24, 2.45) is 0 Å². The Morgan fingerprint density at radius 2 is 2.25 bits per heavy atom. The molecule has 1 saturated heterocycles. The largest absolute Gasteiger partial charge is 0.370 e. The molecule has 1 fully saturated rings. The molecular formula is C10H11FO. The second-order valence-electron chi connectivity index (χ2n) is 3.21. The van der Waals surface area contributed by atoms with Crippen molar-refractivity contribution in [1.29, 1.82) is 0 Å². The molecule has 1 heterocycles. The molecule has 0 bridgehead atoms. The minimum absolute atomic E-state index is 0.166. The van der Waals surface area contributed by atoms with Crippen molar-refractivity contribution >= 4 is 0 Å².